The van der Waals surface area contributed by atoms with Gasteiger partial charge in [0.25, 0.3) is 20.0 Å². The number of methoxy groups -OCH3 is 1. The molecule has 0 saturated carbocycles. The number of rotatable bonds is 10. The van der Waals surface area contributed by atoms with Gasteiger partial charge in [-0.3, -0.25) is 13.8 Å². The number of benzene rings is 4. The number of aryl methyl sites for hydroxylation is 3. The Balaban J connectivity index is 1.56. The third-order valence-electron chi connectivity index (χ3n) is 6.39. The Labute approximate surface area is 251 Å². The maximum Gasteiger partial charge on any atom is 0.264 e. The molecular weight excluding hydrogens is 598 g/mol. The number of anilines is 3. The van der Waals surface area contributed by atoms with E-state index in [1.807, 2.05) is 32.9 Å². The largest absolute Gasteiger partial charge is 0.495 e. The van der Waals surface area contributed by atoms with E-state index in [0.29, 0.717) is 11.4 Å². The lowest BCUT2D eigenvalue weighted by Gasteiger charge is -2.24. The van der Waals surface area contributed by atoms with Crippen molar-refractivity contribution < 1.29 is 26.4 Å². The van der Waals surface area contributed by atoms with Crippen molar-refractivity contribution in [2.24, 2.45) is 0 Å². The number of ether oxygens (including phenoxy) is 1. The Hall–Kier alpha value is -4.06. The molecule has 0 spiro atoms. The van der Waals surface area contributed by atoms with Gasteiger partial charge < -0.3 is 10.1 Å². The first-order valence-corrected chi connectivity index (χ1v) is 16.0. The fourth-order valence-electron chi connectivity index (χ4n) is 4.14. The Morgan fingerprint density at radius 3 is 2.02 bits per heavy atom. The third-order valence-corrected chi connectivity index (χ3v) is 9.86. The summed E-state index contributed by atoms with van der Waals surface area (Å²) >= 11 is 6.27. The van der Waals surface area contributed by atoms with Crippen LogP contribution in [0.1, 0.15) is 16.7 Å². The molecule has 0 aliphatic rings. The van der Waals surface area contributed by atoms with E-state index < -0.39 is 32.5 Å². The molecular formula is C30H30ClN3O6S2. The predicted octanol–water partition coefficient (Wildman–Crippen LogP) is 5.91. The summed E-state index contributed by atoms with van der Waals surface area (Å²) in [6.45, 7) is 4.99. The van der Waals surface area contributed by atoms with Crippen molar-refractivity contribution in [2.75, 3.05) is 28.0 Å². The molecule has 2 N–H and O–H groups in total. The maximum absolute atomic E-state index is 13.6. The smallest absolute Gasteiger partial charge is 0.264 e. The van der Waals surface area contributed by atoms with E-state index in [1.54, 1.807) is 18.2 Å². The molecule has 12 heteroatoms. The number of nitrogens with zero attached hydrogens (tertiary/aromatic N) is 1. The van der Waals surface area contributed by atoms with Gasteiger partial charge in [0.15, 0.2) is 0 Å². The molecule has 0 radical (unpaired) electrons. The minimum absolute atomic E-state index is 0.00119. The second-order valence-electron chi connectivity index (χ2n) is 9.64. The zero-order valence-electron chi connectivity index (χ0n) is 23.4. The fourth-order valence-corrected chi connectivity index (χ4v) is 6.94. The van der Waals surface area contributed by atoms with E-state index in [4.69, 9.17) is 16.3 Å². The number of carbonyl (C=O) groups excluding carboxylic acids is 1. The van der Waals surface area contributed by atoms with E-state index in [0.717, 1.165) is 21.0 Å². The van der Waals surface area contributed by atoms with Crippen LogP contribution in [0, 0.1) is 20.8 Å². The zero-order chi connectivity index (χ0) is 30.7. The van der Waals surface area contributed by atoms with Crippen molar-refractivity contribution in [3.63, 3.8) is 0 Å². The standard InChI is InChI=1S/C30H30ClN3O6S2/c1-20-5-11-26(12-6-20)42(38,39)34(24-10-16-29(40-4)27(31)18-24)19-30(35)32-23-8-13-25(14-9-23)41(36,37)33-28-15-7-21(2)17-22(28)3/h5-18,33H,19H2,1-4H3,(H,32,35). The minimum atomic E-state index is -4.17. The number of carbonyl (C=O) groups is 1. The monoisotopic (exact) mass is 627 g/mol. The second kappa shape index (κ2) is 12.4. The van der Waals surface area contributed by atoms with Gasteiger partial charge in [-0.2, -0.15) is 0 Å². The highest BCUT2D eigenvalue weighted by Gasteiger charge is 2.28. The lowest BCUT2D eigenvalue weighted by molar-refractivity contribution is -0.114. The van der Waals surface area contributed by atoms with Crippen molar-refractivity contribution in [1.82, 2.24) is 0 Å². The van der Waals surface area contributed by atoms with Crippen LogP contribution in [0.25, 0.3) is 0 Å². The molecule has 0 aliphatic carbocycles. The number of sulfonamides is 2. The lowest BCUT2D eigenvalue weighted by Crippen LogP contribution is -2.38. The molecule has 0 aliphatic heterocycles. The number of halogens is 1. The summed E-state index contributed by atoms with van der Waals surface area (Å²) in [6, 6.07) is 21.6. The van der Waals surface area contributed by atoms with Gasteiger partial charge >= 0.3 is 0 Å². The molecule has 0 unspecified atom stereocenters. The molecule has 42 heavy (non-hydrogen) atoms. The van der Waals surface area contributed by atoms with Crippen LogP contribution < -0.4 is 19.1 Å². The summed E-state index contributed by atoms with van der Waals surface area (Å²) in [5.41, 5.74) is 3.58. The van der Waals surface area contributed by atoms with E-state index in [-0.39, 0.29) is 26.2 Å². The van der Waals surface area contributed by atoms with Crippen LogP contribution in [0.3, 0.4) is 0 Å². The van der Waals surface area contributed by atoms with Gasteiger partial charge in [-0.05, 0) is 87.0 Å². The predicted molar refractivity (Wildman–Crippen MR) is 166 cm³/mol. The van der Waals surface area contributed by atoms with E-state index in [2.05, 4.69) is 10.0 Å². The molecule has 4 aromatic rings. The highest BCUT2D eigenvalue weighted by molar-refractivity contribution is 7.93. The van der Waals surface area contributed by atoms with Crippen molar-refractivity contribution >= 4 is 54.6 Å². The first-order chi connectivity index (χ1) is 19.8. The Bertz CT molecular complexity index is 1830. The third kappa shape index (κ3) is 7.04. The van der Waals surface area contributed by atoms with Gasteiger partial charge in [-0.15, -0.1) is 0 Å². The maximum atomic E-state index is 13.6. The molecule has 0 bridgehead atoms. The molecule has 0 atom stereocenters. The molecule has 4 aromatic carbocycles. The topological polar surface area (TPSA) is 122 Å². The van der Waals surface area contributed by atoms with E-state index in [9.17, 15) is 21.6 Å². The number of hydrogen-bond acceptors (Lipinski definition) is 6. The normalized spacial score (nSPS) is 11.5. The summed E-state index contributed by atoms with van der Waals surface area (Å²) in [4.78, 5) is 13.1. The van der Waals surface area contributed by atoms with Crippen molar-refractivity contribution in [3.8, 4) is 5.75 Å². The van der Waals surface area contributed by atoms with Crippen LogP contribution in [0.2, 0.25) is 5.02 Å². The second-order valence-corrected chi connectivity index (χ2v) is 13.6. The Kier molecular flexibility index (Phi) is 9.15. The average Bonchev–Trinajstić information content (AvgIpc) is 2.93. The number of amides is 1. The fraction of sp³-hybridized carbons (Fsp3) is 0.167. The van der Waals surface area contributed by atoms with Gasteiger partial charge in [0.1, 0.15) is 12.3 Å². The SMILES string of the molecule is COc1ccc(N(CC(=O)Nc2ccc(S(=O)(=O)Nc3ccc(C)cc3C)cc2)S(=O)(=O)c2ccc(C)cc2)cc1Cl. The summed E-state index contributed by atoms with van der Waals surface area (Å²) in [7, 11) is -6.62. The lowest BCUT2D eigenvalue weighted by atomic mass is 10.1. The summed E-state index contributed by atoms with van der Waals surface area (Å²) < 4.78 is 61.8. The Morgan fingerprint density at radius 2 is 1.43 bits per heavy atom. The van der Waals surface area contributed by atoms with Crippen LogP contribution in [0.15, 0.2) is 94.7 Å². The van der Waals surface area contributed by atoms with Gasteiger partial charge in [-0.1, -0.05) is 47.0 Å². The first-order valence-electron chi connectivity index (χ1n) is 12.7. The molecule has 220 valence electrons. The molecule has 0 aromatic heterocycles. The quantitative estimate of drug-likeness (QED) is 0.225. The number of hydrogen-bond donors (Lipinski definition) is 2. The summed E-state index contributed by atoms with van der Waals surface area (Å²) in [5.74, 6) is -0.304. The first kappa shape index (κ1) is 30.9. The number of nitrogens with one attached hydrogen (secondary N) is 2. The van der Waals surface area contributed by atoms with E-state index >= 15 is 0 Å². The molecule has 0 fully saturated rings. The van der Waals surface area contributed by atoms with Gasteiger partial charge in [0, 0.05) is 5.69 Å². The summed E-state index contributed by atoms with van der Waals surface area (Å²) in [5, 5.41) is 2.81. The zero-order valence-corrected chi connectivity index (χ0v) is 25.8. The van der Waals surface area contributed by atoms with Crippen molar-refractivity contribution in [2.45, 2.75) is 30.6 Å². The van der Waals surface area contributed by atoms with Gasteiger partial charge in [0.2, 0.25) is 5.91 Å². The molecule has 4 rings (SSSR count). The minimum Gasteiger partial charge on any atom is -0.495 e. The molecule has 0 saturated heterocycles. The highest BCUT2D eigenvalue weighted by Crippen LogP contribution is 2.32. The molecule has 9 nitrogen and oxygen atoms in total. The molecule has 1 amide bonds. The van der Waals surface area contributed by atoms with Gasteiger partial charge in [-0.25, -0.2) is 16.8 Å². The van der Waals surface area contributed by atoms with Crippen LogP contribution in [0.4, 0.5) is 17.1 Å². The van der Waals surface area contributed by atoms with Crippen LogP contribution in [0.5, 0.6) is 5.75 Å². The summed E-state index contributed by atoms with van der Waals surface area (Å²) in [6.07, 6.45) is 0. The van der Waals surface area contributed by atoms with Crippen LogP contribution in [-0.4, -0.2) is 36.4 Å². The van der Waals surface area contributed by atoms with E-state index in [1.165, 1.54) is 61.7 Å². The van der Waals surface area contributed by atoms with Crippen LogP contribution >= 0.6 is 11.6 Å². The van der Waals surface area contributed by atoms with Crippen molar-refractivity contribution in [1.29, 1.82) is 0 Å². The van der Waals surface area contributed by atoms with Crippen LogP contribution in [-0.2, 0) is 24.8 Å². The average molecular weight is 628 g/mol. The molecule has 0 heterocycles. The van der Waals surface area contributed by atoms with Crippen molar-refractivity contribution in [3.05, 3.63) is 107 Å². The Morgan fingerprint density at radius 1 is 0.810 bits per heavy atom. The van der Waals surface area contributed by atoms with Gasteiger partial charge in [0.05, 0.1) is 33.3 Å². The highest BCUT2D eigenvalue weighted by atomic mass is 35.5.